The van der Waals surface area contributed by atoms with Crippen molar-refractivity contribution < 1.29 is 9.18 Å². The second kappa shape index (κ2) is 3.72. The fraction of sp³-hybridized carbons (Fsp3) is 0. The molecule has 2 aromatic rings. The van der Waals surface area contributed by atoms with Crippen LogP contribution in [-0.2, 0) is 0 Å². The number of aldehydes is 1. The average Bonchev–Trinajstić information content (AvgIpc) is 2.71. The van der Waals surface area contributed by atoms with Gasteiger partial charge in [0.1, 0.15) is 5.82 Å². The lowest BCUT2D eigenvalue weighted by Crippen LogP contribution is -1.87. The van der Waals surface area contributed by atoms with E-state index in [1.165, 1.54) is 6.07 Å². The Labute approximate surface area is 84.8 Å². The van der Waals surface area contributed by atoms with E-state index in [1.807, 2.05) is 17.5 Å². The first kappa shape index (κ1) is 9.09. The van der Waals surface area contributed by atoms with Gasteiger partial charge in [0.15, 0.2) is 6.29 Å². The lowest BCUT2D eigenvalue weighted by molar-refractivity contribution is 0.112. The van der Waals surface area contributed by atoms with Crippen LogP contribution < -0.4 is 0 Å². The maximum Gasteiger partial charge on any atom is 0.153 e. The minimum atomic E-state index is -0.472. The molecule has 0 radical (unpaired) electrons. The van der Waals surface area contributed by atoms with E-state index in [1.54, 1.807) is 23.5 Å². The third-order valence-corrected chi connectivity index (χ3v) is 2.85. The molecule has 1 heterocycles. The van der Waals surface area contributed by atoms with Crippen LogP contribution in [-0.4, -0.2) is 6.29 Å². The second-order valence-corrected chi connectivity index (χ2v) is 3.78. The van der Waals surface area contributed by atoms with Gasteiger partial charge in [-0.15, -0.1) is 11.3 Å². The molecule has 0 saturated carbocycles. The molecule has 0 unspecified atom stereocenters. The van der Waals surface area contributed by atoms with Crippen molar-refractivity contribution in [3.63, 3.8) is 0 Å². The molecular formula is C11H7FOS. The Kier molecular flexibility index (Phi) is 2.41. The molecule has 14 heavy (non-hydrogen) atoms. The monoisotopic (exact) mass is 206 g/mol. The Morgan fingerprint density at radius 2 is 2.14 bits per heavy atom. The first-order valence-corrected chi connectivity index (χ1v) is 4.98. The number of hydrogen-bond donors (Lipinski definition) is 0. The van der Waals surface area contributed by atoms with Crippen LogP contribution in [0.2, 0.25) is 0 Å². The molecule has 0 atom stereocenters. The van der Waals surface area contributed by atoms with Crippen molar-refractivity contribution in [1.82, 2.24) is 0 Å². The molecule has 0 amide bonds. The lowest BCUT2D eigenvalue weighted by Gasteiger charge is -1.99. The van der Waals surface area contributed by atoms with Gasteiger partial charge in [-0.1, -0.05) is 12.1 Å². The van der Waals surface area contributed by atoms with Crippen LogP contribution in [0.5, 0.6) is 0 Å². The summed E-state index contributed by atoms with van der Waals surface area (Å²) in [6.07, 6.45) is 0.534. The van der Waals surface area contributed by atoms with Crippen molar-refractivity contribution in [3.8, 4) is 10.4 Å². The summed E-state index contributed by atoms with van der Waals surface area (Å²) < 4.78 is 13.0. The van der Waals surface area contributed by atoms with Gasteiger partial charge in [0.05, 0.1) is 5.56 Å². The predicted octanol–water partition coefficient (Wildman–Crippen LogP) is 3.37. The van der Waals surface area contributed by atoms with Crippen LogP contribution in [0.25, 0.3) is 10.4 Å². The third-order valence-electron chi connectivity index (χ3n) is 1.93. The first-order chi connectivity index (χ1) is 6.81. The van der Waals surface area contributed by atoms with Gasteiger partial charge in [-0.05, 0) is 29.1 Å². The van der Waals surface area contributed by atoms with E-state index in [0.717, 1.165) is 10.4 Å². The predicted molar refractivity (Wildman–Crippen MR) is 55.1 cm³/mol. The second-order valence-electron chi connectivity index (χ2n) is 2.83. The van der Waals surface area contributed by atoms with Gasteiger partial charge >= 0.3 is 0 Å². The molecule has 1 aromatic carbocycles. The van der Waals surface area contributed by atoms with Crippen molar-refractivity contribution in [3.05, 3.63) is 47.1 Å². The molecule has 3 heteroatoms. The first-order valence-electron chi connectivity index (χ1n) is 4.10. The van der Waals surface area contributed by atoms with Crippen LogP contribution in [0.3, 0.4) is 0 Å². The number of benzene rings is 1. The lowest BCUT2D eigenvalue weighted by atomic mass is 10.1. The maximum atomic E-state index is 13.0. The van der Waals surface area contributed by atoms with Gasteiger partial charge in [-0.3, -0.25) is 4.79 Å². The number of carbonyl (C=O) groups excluding carboxylic acids is 1. The Hall–Kier alpha value is -1.48. The van der Waals surface area contributed by atoms with Crippen molar-refractivity contribution in [2.24, 2.45) is 0 Å². The van der Waals surface area contributed by atoms with E-state index in [4.69, 9.17) is 0 Å². The normalized spacial score (nSPS) is 10.1. The van der Waals surface area contributed by atoms with Crippen molar-refractivity contribution in [2.75, 3.05) is 0 Å². The van der Waals surface area contributed by atoms with Gasteiger partial charge in [0.25, 0.3) is 0 Å². The number of carbonyl (C=O) groups is 1. The van der Waals surface area contributed by atoms with E-state index in [0.29, 0.717) is 6.29 Å². The summed E-state index contributed by atoms with van der Waals surface area (Å²) in [4.78, 5) is 11.5. The number of rotatable bonds is 2. The summed E-state index contributed by atoms with van der Waals surface area (Å²) in [6.45, 7) is 0. The maximum absolute atomic E-state index is 13.0. The van der Waals surface area contributed by atoms with Crippen LogP contribution >= 0.6 is 11.3 Å². The Morgan fingerprint density at radius 3 is 2.79 bits per heavy atom. The summed E-state index contributed by atoms with van der Waals surface area (Å²) in [6, 6.07) is 8.41. The zero-order valence-corrected chi connectivity index (χ0v) is 8.05. The van der Waals surface area contributed by atoms with E-state index in [9.17, 15) is 9.18 Å². The van der Waals surface area contributed by atoms with Crippen LogP contribution in [0, 0.1) is 5.82 Å². The molecule has 70 valence electrons. The molecule has 0 aliphatic rings. The largest absolute Gasteiger partial charge is 0.298 e. The highest BCUT2D eigenvalue weighted by Gasteiger charge is 2.04. The molecule has 0 aliphatic carbocycles. The summed E-state index contributed by atoms with van der Waals surface area (Å²) in [5, 5.41) is 1.94. The molecule has 1 aromatic heterocycles. The zero-order valence-electron chi connectivity index (χ0n) is 7.24. The summed E-state index contributed by atoms with van der Waals surface area (Å²) >= 11 is 1.56. The molecule has 2 rings (SSSR count). The smallest absolute Gasteiger partial charge is 0.153 e. The molecule has 0 saturated heterocycles. The molecule has 0 aliphatic heterocycles. The van der Waals surface area contributed by atoms with Crippen molar-refractivity contribution in [2.45, 2.75) is 0 Å². The Morgan fingerprint density at radius 1 is 1.29 bits per heavy atom. The number of halogens is 1. The van der Waals surface area contributed by atoms with Gasteiger partial charge in [0.2, 0.25) is 0 Å². The van der Waals surface area contributed by atoms with Gasteiger partial charge in [0, 0.05) is 4.88 Å². The quantitative estimate of drug-likeness (QED) is 0.688. The Bertz CT molecular complexity index is 448. The minimum absolute atomic E-state index is 0.107. The highest BCUT2D eigenvalue weighted by atomic mass is 32.1. The highest BCUT2D eigenvalue weighted by Crippen LogP contribution is 2.25. The van der Waals surface area contributed by atoms with Crippen LogP contribution in [0.4, 0.5) is 4.39 Å². The summed E-state index contributed by atoms with van der Waals surface area (Å²) in [7, 11) is 0. The summed E-state index contributed by atoms with van der Waals surface area (Å²) in [5.41, 5.74) is 0.986. The van der Waals surface area contributed by atoms with Gasteiger partial charge in [-0.25, -0.2) is 4.39 Å². The molecule has 1 nitrogen and oxygen atoms in total. The Balaban J connectivity index is 2.51. The highest BCUT2D eigenvalue weighted by molar-refractivity contribution is 7.13. The zero-order chi connectivity index (χ0) is 9.97. The molecule has 0 bridgehead atoms. The molecular weight excluding hydrogens is 199 g/mol. The fourth-order valence-corrected chi connectivity index (χ4v) is 1.95. The fourth-order valence-electron chi connectivity index (χ4n) is 1.23. The minimum Gasteiger partial charge on any atom is -0.298 e. The third kappa shape index (κ3) is 1.59. The topological polar surface area (TPSA) is 17.1 Å². The van der Waals surface area contributed by atoms with Crippen LogP contribution in [0.1, 0.15) is 10.4 Å². The SMILES string of the molecule is O=Cc1cc(-c2cccs2)ccc1F. The van der Waals surface area contributed by atoms with E-state index in [2.05, 4.69) is 0 Å². The van der Waals surface area contributed by atoms with Gasteiger partial charge < -0.3 is 0 Å². The van der Waals surface area contributed by atoms with E-state index in [-0.39, 0.29) is 5.56 Å². The standard InChI is InChI=1S/C11H7FOS/c12-10-4-3-8(6-9(10)7-13)11-2-1-5-14-11/h1-7H. The van der Waals surface area contributed by atoms with Crippen LogP contribution in [0.15, 0.2) is 35.7 Å². The van der Waals surface area contributed by atoms with Gasteiger partial charge in [-0.2, -0.15) is 0 Å². The summed E-state index contributed by atoms with van der Waals surface area (Å²) in [5.74, 6) is -0.472. The molecule has 0 fully saturated rings. The number of hydrogen-bond acceptors (Lipinski definition) is 2. The van der Waals surface area contributed by atoms with Crippen molar-refractivity contribution in [1.29, 1.82) is 0 Å². The van der Waals surface area contributed by atoms with Crippen molar-refractivity contribution >= 4 is 17.6 Å². The molecule has 0 spiro atoms. The average molecular weight is 206 g/mol. The number of thiophene rings is 1. The van der Waals surface area contributed by atoms with E-state index < -0.39 is 5.82 Å². The molecule has 0 N–H and O–H groups in total. The van der Waals surface area contributed by atoms with E-state index >= 15 is 0 Å².